The number of carbonyl (C=O) groups excluding carboxylic acids is 3. The molecule has 0 spiro atoms. The second-order valence-electron chi connectivity index (χ2n) is 9.47. The molecule has 0 atom stereocenters. The van der Waals surface area contributed by atoms with Crippen LogP contribution in [-0.4, -0.2) is 51.5 Å². The first-order valence-electron chi connectivity index (χ1n) is 13.7. The summed E-state index contributed by atoms with van der Waals surface area (Å²) >= 11 is 2.69. The zero-order valence-electron chi connectivity index (χ0n) is 23.1. The predicted octanol–water partition coefficient (Wildman–Crippen LogP) is 4.48. The van der Waals surface area contributed by atoms with Gasteiger partial charge in [0.1, 0.15) is 10.8 Å². The van der Waals surface area contributed by atoms with E-state index < -0.39 is 5.97 Å². The zero-order chi connectivity index (χ0) is 29.3. The molecule has 2 aromatic heterocycles. The lowest BCUT2D eigenvalue weighted by Crippen LogP contribution is -2.29. The van der Waals surface area contributed by atoms with Gasteiger partial charge in [-0.25, -0.2) is 4.79 Å². The number of aromatic nitrogens is 3. The number of hydrogen-bond donors (Lipinski definition) is 2. The van der Waals surface area contributed by atoms with Crippen molar-refractivity contribution in [3.05, 3.63) is 88.1 Å². The van der Waals surface area contributed by atoms with Crippen LogP contribution < -0.4 is 15.4 Å². The Balaban J connectivity index is 1.24. The van der Waals surface area contributed by atoms with Crippen LogP contribution in [0.5, 0.6) is 5.75 Å². The molecule has 218 valence electrons. The van der Waals surface area contributed by atoms with Gasteiger partial charge in [-0.2, -0.15) is 0 Å². The second kappa shape index (κ2) is 14.1. The third-order valence-corrected chi connectivity index (χ3v) is 8.69. The molecule has 0 saturated heterocycles. The number of nitrogens with one attached hydrogen (secondary N) is 2. The van der Waals surface area contributed by atoms with Crippen LogP contribution in [0.1, 0.15) is 45.5 Å². The molecule has 10 nitrogen and oxygen atoms in total. The van der Waals surface area contributed by atoms with Crippen molar-refractivity contribution >= 4 is 45.9 Å². The number of para-hydroxylation sites is 1. The van der Waals surface area contributed by atoms with Crippen molar-refractivity contribution in [3.8, 4) is 5.75 Å². The van der Waals surface area contributed by atoms with Crippen molar-refractivity contribution in [2.45, 2.75) is 44.4 Å². The number of ether oxygens (including phenoxy) is 2. The van der Waals surface area contributed by atoms with Crippen molar-refractivity contribution in [1.82, 2.24) is 20.1 Å². The maximum atomic E-state index is 13.0. The van der Waals surface area contributed by atoms with E-state index in [1.54, 1.807) is 19.1 Å². The highest BCUT2D eigenvalue weighted by molar-refractivity contribution is 7.99. The molecule has 0 bridgehead atoms. The van der Waals surface area contributed by atoms with E-state index in [0.29, 0.717) is 33.8 Å². The minimum Gasteiger partial charge on any atom is -0.484 e. The van der Waals surface area contributed by atoms with Crippen LogP contribution in [0.3, 0.4) is 0 Å². The Morgan fingerprint density at radius 1 is 1.00 bits per heavy atom. The number of thiophene rings is 1. The summed E-state index contributed by atoms with van der Waals surface area (Å²) in [6.07, 6.45) is 2.71. The van der Waals surface area contributed by atoms with Gasteiger partial charge < -0.3 is 24.7 Å². The Labute approximate surface area is 251 Å². The molecule has 4 aromatic rings. The number of carbonyl (C=O) groups is 3. The van der Waals surface area contributed by atoms with Crippen molar-refractivity contribution in [2.75, 3.05) is 24.3 Å². The molecule has 5 rings (SSSR count). The zero-order valence-corrected chi connectivity index (χ0v) is 24.8. The number of anilines is 1. The van der Waals surface area contributed by atoms with Gasteiger partial charge in [0.05, 0.1) is 31.0 Å². The molecule has 1 aliphatic carbocycles. The lowest BCUT2D eigenvalue weighted by Gasteiger charge is -2.12. The molecular formula is C30H31N5O5S2. The number of nitrogens with zero attached hydrogens (tertiary/aromatic N) is 3. The topological polar surface area (TPSA) is 124 Å². The van der Waals surface area contributed by atoms with Gasteiger partial charge in [-0.15, -0.1) is 21.5 Å². The Hall–Kier alpha value is -4.16. The van der Waals surface area contributed by atoms with Gasteiger partial charge in [0, 0.05) is 4.88 Å². The third-order valence-electron chi connectivity index (χ3n) is 6.52. The van der Waals surface area contributed by atoms with Gasteiger partial charge in [0.2, 0.25) is 5.91 Å². The summed E-state index contributed by atoms with van der Waals surface area (Å²) in [7, 11) is 0. The Bertz CT molecular complexity index is 1540. The van der Waals surface area contributed by atoms with E-state index in [-0.39, 0.29) is 37.3 Å². The van der Waals surface area contributed by atoms with E-state index in [0.717, 1.165) is 35.3 Å². The van der Waals surface area contributed by atoms with E-state index in [2.05, 4.69) is 20.8 Å². The fraction of sp³-hybridized carbons (Fsp3) is 0.300. The molecule has 0 aliphatic heterocycles. The molecule has 2 aromatic carbocycles. The summed E-state index contributed by atoms with van der Waals surface area (Å²) in [6, 6.07) is 18.9. The second-order valence-corrected chi connectivity index (χ2v) is 11.5. The van der Waals surface area contributed by atoms with E-state index in [9.17, 15) is 14.4 Å². The van der Waals surface area contributed by atoms with Crippen LogP contribution in [0, 0.1) is 0 Å². The standard InChI is InChI=1S/C30H31N5O5S2/c1-2-39-29(38)27-22-14-9-15-23(22)42-28(27)32-26(37)19-41-30-34-33-24(35(30)17-20-10-5-3-6-11-20)16-31-25(36)18-40-21-12-7-4-8-13-21/h3-8,10-13H,2,9,14-19H2,1H3,(H,31,36)(H,32,37). The average molecular weight is 606 g/mol. The van der Waals surface area contributed by atoms with E-state index >= 15 is 0 Å². The molecule has 1 aliphatic rings. The molecule has 0 radical (unpaired) electrons. The van der Waals surface area contributed by atoms with Crippen LogP contribution in [-0.2, 0) is 40.3 Å². The molecule has 0 saturated carbocycles. The summed E-state index contributed by atoms with van der Waals surface area (Å²) in [5.41, 5.74) is 2.50. The Morgan fingerprint density at radius 2 is 1.76 bits per heavy atom. The Kier molecular flexibility index (Phi) is 9.88. The highest BCUT2D eigenvalue weighted by atomic mass is 32.2. The number of fused-ring (bicyclic) bond motifs is 1. The number of rotatable bonds is 13. The van der Waals surface area contributed by atoms with Gasteiger partial charge >= 0.3 is 5.97 Å². The average Bonchev–Trinajstić information content (AvgIpc) is 3.70. The minimum absolute atomic E-state index is 0.0645. The maximum Gasteiger partial charge on any atom is 0.341 e. The van der Waals surface area contributed by atoms with Crippen molar-refractivity contribution in [3.63, 3.8) is 0 Å². The number of hydrogen-bond acceptors (Lipinski definition) is 9. The molecule has 0 fully saturated rings. The van der Waals surface area contributed by atoms with Gasteiger partial charge in [0.15, 0.2) is 17.6 Å². The molecule has 12 heteroatoms. The first-order valence-corrected chi connectivity index (χ1v) is 15.5. The minimum atomic E-state index is -0.400. The number of amides is 2. The molecule has 2 amide bonds. The first-order chi connectivity index (χ1) is 20.5. The fourth-order valence-corrected chi connectivity index (χ4v) is 6.63. The Morgan fingerprint density at radius 3 is 2.52 bits per heavy atom. The quantitative estimate of drug-likeness (QED) is 0.169. The van der Waals surface area contributed by atoms with E-state index in [1.165, 1.54) is 23.1 Å². The smallest absolute Gasteiger partial charge is 0.341 e. The van der Waals surface area contributed by atoms with Gasteiger partial charge in [0.25, 0.3) is 5.91 Å². The lowest BCUT2D eigenvalue weighted by molar-refractivity contribution is -0.123. The van der Waals surface area contributed by atoms with Crippen LogP contribution in [0.15, 0.2) is 65.8 Å². The summed E-state index contributed by atoms with van der Waals surface area (Å²) in [5.74, 6) is 0.278. The SMILES string of the molecule is CCOC(=O)c1c(NC(=O)CSc2nnc(CNC(=O)COc3ccccc3)n2Cc2ccccc2)sc2c1CCC2. The summed E-state index contributed by atoms with van der Waals surface area (Å²) in [6.45, 7) is 2.52. The highest BCUT2D eigenvalue weighted by Gasteiger charge is 2.28. The van der Waals surface area contributed by atoms with Crippen molar-refractivity contribution in [1.29, 1.82) is 0 Å². The van der Waals surface area contributed by atoms with E-state index in [1.807, 2.05) is 53.1 Å². The fourth-order valence-electron chi connectivity index (χ4n) is 4.58. The van der Waals surface area contributed by atoms with E-state index in [4.69, 9.17) is 9.47 Å². The van der Waals surface area contributed by atoms with Crippen molar-refractivity contribution < 1.29 is 23.9 Å². The number of esters is 1. The first kappa shape index (κ1) is 29.3. The van der Waals surface area contributed by atoms with Gasteiger partial charge in [-0.05, 0) is 49.4 Å². The third kappa shape index (κ3) is 7.37. The molecular weight excluding hydrogens is 574 g/mol. The molecule has 0 unspecified atom stereocenters. The highest BCUT2D eigenvalue weighted by Crippen LogP contribution is 2.39. The predicted molar refractivity (Wildman–Crippen MR) is 161 cm³/mol. The summed E-state index contributed by atoms with van der Waals surface area (Å²) < 4.78 is 12.7. The van der Waals surface area contributed by atoms with Gasteiger partial charge in [-0.1, -0.05) is 60.3 Å². The normalized spacial score (nSPS) is 12.0. The van der Waals surface area contributed by atoms with Crippen LogP contribution in [0.25, 0.3) is 0 Å². The summed E-state index contributed by atoms with van der Waals surface area (Å²) in [5, 5.41) is 15.5. The molecule has 2 heterocycles. The lowest BCUT2D eigenvalue weighted by atomic mass is 10.1. The van der Waals surface area contributed by atoms with Crippen LogP contribution in [0.2, 0.25) is 0 Å². The van der Waals surface area contributed by atoms with Crippen LogP contribution in [0.4, 0.5) is 5.00 Å². The van der Waals surface area contributed by atoms with Gasteiger partial charge in [-0.3, -0.25) is 9.59 Å². The largest absolute Gasteiger partial charge is 0.484 e. The van der Waals surface area contributed by atoms with Crippen molar-refractivity contribution in [2.24, 2.45) is 0 Å². The molecule has 2 N–H and O–H groups in total. The van der Waals surface area contributed by atoms with Crippen LogP contribution >= 0.6 is 23.1 Å². The molecule has 42 heavy (non-hydrogen) atoms. The maximum absolute atomic E-state index is 13.0. The monoisotopic (exact) mass is 605 g/mol. The number of aryl methyl sites for hydroxylation is 1. The number of benzene rings is 2. The number of thioether (sulfide) groups is 1. The summed E-state index contributed by atoms with van der Waals surface area (Å²) in [4.78, 5) is 39.2.